The SMILES string of the molecule is Cc1cc(N2CCCC(CC(=O)O)C2)ncn1. The summed E-state index contributed by atoms with van der Waals surface area (Å²) in [4.78, 5) is 21.2. The van der Waals surface area contributed by atoms with Crippen molar-refractivity contribution in [3.05, 3.63) is 18.1 Å². The number of carboxylic acid groups (broad SMARTS) is 1. The fourth-order valence-electron chi connectivity index (χ4n) is 2.30. The van der Waals surface area contributed by atoms with Gasteiger partial charge in [-0.2, -0.15) is 0 Å². The Balaban J connectivity index is 2.04. The van der Waals surface area contributed by atoms with Crippen molar-refractivity contribution in [1.29, 1.82) is 0 Å². The number of anilines is 1. The van der Waals surface area contributed by atoms with Crippen LogP contribution < -0.4 is 4.90 Å². The molecule has 0 spiro atoms. The molecule has 92 valence electrons. The Kier molecular flexibility index (Phi) is 3.56. The van der Waals surface area contributed by atoms with Crippen LogP contribution in [-0.4, -0.2) is 34.1 Å². The predicted molar refractivity (Wildman–Crippen MR) is 64.0 cm³/mol. The highest BCUT2D eigenvalue weighted by Gasteiger charge is 2.22. The molecule has 1 fully saturated rings. The topological polar surface area (TPSA) is 66.3 Å². The first-order chi connectivity index (χ1) is 8.15. The maximum Gasteiger partial charge on any atom is 0.303 e. The number of aliphatic carboxylic acids is 1. The Hall–Kier alpha value is -1.65. The lowest BCUT2D eigenvalue weighted by molar-refractivity contribution is -0.138. The van der Waals surface area contributed by atoms with Crippen LogP contribution in [0.4, 0.5) is 5.82 Å². The predicted octanol–water partition coefficient (Wildman–Crippen LogP) is 1.48. The fraction of sp³-hybridized carbons (Fsp3) is 0.583. The van der Waals surface area contributed by atoms with Crippen molar-refractivity contribution in [3.63, 3.8) is 0 Å². The Morgan fingerprint density at radius 1 is 1.59 bits per heavy atom. The van der Waals surface area contributed by atoms with Gasteiger partial charge in [0.1, 0.15) is 12.1 Å². The molecule has 0 saturated carbocycles. The number of nitrogens with zero attached hydrogens (tertiary/aromatic N) is 3. The van der Waals surface area contributed by atoms with E-state index >= 15 is 0 Å². The van der Waals surface area contributed by atoms with Crippen LogP contribution in [0.2, 0.25) is 0 Å². The van der Waals surface area contributed by atoms with E-state index in [0.717, 1.165) is 37.4 Å². The number of aromatic nitrogens is 2. The molecular formula is C12H17N3O2. The zero-order chi connectivity index (χ0) is 12.3. The minimum Gasteiger partial charge on any atom is -0.481 e. The Morgan fingerprint density at radius 2 is 2.41 bits per heavy atom. The van der Waals surface area contributed by atoms with E-state index in [-0.39, 0.29) is 12.3 Å². The second kappa shape index (κ2) is 5.12. The van der Waals surface area contributed by atoms with E-state index in [9.17, 15) is 4.79 Å². The molecule has 1 aromatic rings. The molecule has 2 heterocycles. The van der Waals surface area contributed by atoms with E-state index < -0.39 is 5.97 Å². The molecule has 1 aromatic heterocycles. The van der Waals surface area contributed by atoms with Gasteiger partial charge in [0.25, 0.3) is 0 Å². The summed E-state index contributed by atoms with van der Waals surface area (Å²) in [6, 6.07) is 1.95. The first kappa shape index (κ1) is 11.8. The molecule has 17 heavy (non-hydrogen) atoms. The standard InChI is InChI=1S/C12H17N3O2/c1-9-5-11(14-8-13-9)15-4-2-3-10(7-15)6-12(16)17/h5,8,10H,2-4,6-7H2,1H3,(H,16,17). The third kappa shape index (κ3) is 3.15. The van der Waals surface area contributed by atoms with Crippen LogP contribution in [0.1, 0.15) is 25.0 Å². The molecule has 2 rings (SSSR count). The lowest BCUT2D eigenvalue weighted by atomic mass is 9.95. The van der Waals surface area contributed by atoms with Gasteiger partial charge in [-0.05, 0) is 25.7 Å². The van der Waals surface area contributed by atoms with Crippen LogP contribution in [0, 0.1) is 12.8 Å². The summed E-state index contributed by atoms with van der Waals surface area (Å²) in [6.07, 6.45) is 3.83. The molecule has 1 aliphatic heterocycles. The highest BCUT2D eigenvalue weighted by atomic mass is 16.4. The van der Waals surface area contributed by atoms with Gasteiger partial charge in [0.05, 0.1) is 0 Å². The first-order valence-corrected chi connectivity index (χ1v) is 5.90. The summed E-state index contributed by atoms with van der Waals surface area (Å²) >= 11 is 0. The maximum absolute atomic E-state index is 10.7. The molecule has 1 saturated heterocycles. The van der Waals surface area contributed by atoms with Crippen LogP contribution in [0.25, 0.3) is 0 Å². The largest absolute Gasteiger partial charge is 0.481 e. The van der Waals surface area contributed by atoms with Gasteiger partial charge in [0.2, 0.25) is 0 Å². The summed E-state index contributed by atoms with van der Waals surface area (Å²) < 4.78 is 0. The van der Waals surface area contributed by atoms with Crippen molar-refractivity contribution in [2.45, 2.75) is 26.2 Å². The molecule has 1 atom stereocenters. The summed E-state index contributed by atoms with van der Waals surface area (Å²) in [7, 11) is 0. The maximum atomic E-state index is 10.7. The molecular weight excluding hydrogens is 218 g/mol. The van der Waals surface area contributed by atoms with E-state index in [2.05, 4.69) is 14.9 Å². The Morgan fingerprint density at radius 3 is 3.12 bits per heavy atom. The lowest BCUT2D eigenvalue weighted by Gasteiger charge is -2.32. The van der Waals surface area contributed by atoms with Gasteiger partial charge >= 0.3 is 5.97 Å². The van der Waals surface area contributed by atoms with Crippen molar-refractivity contribution >= 4 is 11.8 Å². The summed E-state index contributed by atoms with van der Waals surface area (Å²) in [5.41, 5.74) is 0.940. The van der Waals surface area contributed by atoms with Crippen LogP contribution >= 0.6 is 0 Å². The minimum absolute atomic E-state index is 0.233. The van der Waals surface area contributed by atoms with Crippen molar-refractivity contribution in [2.75, 3.05) is 18.0 Å². The molecule has 1 N–H and O–H groups in total. The number of hydrogen-bond acceptors (Lipinski definition) is 4. The van der Waals surface area contributed by atoms with E-state index in [1.165, 1.54) is 0 Å². The third-order valence-corrected chi connectivity index (χ3v) is 3.10. The van der Waals surface area contributed by atoms with Gasteiger partial charge in [-0.25, -0.2) is 9.97 Å². The molecule has 5 nitrogen and oxygen atoms in total. The fourth-order valence-corrected chi connectivity index (χ4v) is 2.30. The molecule has 0 radical (unpaired) electrons. The van der Waals surface area contributed by atoms with Gasteiger partial charge in [-0.1, -0.05) is 0 Å². The molecule has 5 heteroatoms. The zero-order valence-electron chi connectivity index (χ0n) is 9.96. The van der Waals surface area contributed by atoms with Gasteiger partial charge in [-0.3, -0.25) is 4.79 Å². The van der Waals surface area contributed by atoms with E-state index in [4.69, 9.17) is 5.11 Å². The first-order valence-electron chi connectivity index (χ1n) is 5.90. The Labute approximate surface area is 100 Å². The van der Waals surface area contributed by atoms with Crippen LogP contribution in [0.3, 0.4) is 0 Å². The molecule has 1 aliphatic rings. The van der Waals surface area contributed by atoms with Crippen molar-refractivity contribution < 1.29 is 9.90 Å². The van der Waals surface area contributed by atoms with Gasteiger partial charge in [0.15, 0.2) is 0 Å². The average molecular weight is 235 g/mol. The molecule has 0 aromatic carbocycles. The van der Waals surface area contributed by atoms with Crippen molar-refractivity contribution in [1.82, 2.24) is 9.97 Å². The lowest BCUT2D eigenvalue weighted by Crippen LogP contribution is -2.36. The smallest absolute Gasteiger partial charge is 0.303 e. The number of carboxylic acids is 1. The number of carbonyl (C=O) groups is 1. The Bertz CT molecular complexity index is 408. The number of piperidine rings is 1. The normalized spacial score (nSPS) is 20.3. The monoisotopic (exact) mass is 235 g/mol. The third-order valence-electron chi connectivity index (χ3n) is 3.10. The van der Waals surface area contributed by atoms with Crippen molar-refractivity contribution in [2.24, 2.45) is 5.92 Å². The van der Waals surface area contributed by atoms with Crippen LogP contribution in [-0.2, 0) is 4.79 Å². The van der Waals surface area contributed by atoms with Gasteiger partial charge in [0, 0.05) is 31.3 Å². The van der Waals surface area contributed by atoms with Crippen LogP contribution in [0.5, 0.6) is 0 Å². The minimum atomic E-state index is -0.712. The summed E-state index contributed by atoms with van der Waals surface area (Å²) in [5, 5.41) is 8.82. The highest BCUT2D eigenvalue weighted by molar-refractivity contribution is 5.67. The van der Waals surface area contributed by atoms with E-state index in [0.29, 0.717) is 0 Å². The molecule has 0 bridgehead atoms. The zero-order valence-corrected chi connectivity index (χ0v) is 9.96. The highest BCUT2D eigenvalue weighted by Crippen LogP contribution is 2.23. The number of aryl methyl sites for hydroxylation is 1. The molecule has 1 unspecified atom stereocenters. The molecule has 0 aliphatic carbocycles. The van der Waals surface area contributed by atoms with Gasteiger partial charge < -0.3 is 10.0 Å². The summed E-state index contributed by atoms with van der Waals surface area (Å²) in [5.74, 6) is 0.430. The van der Waals surface area contributed by atoms with Gasteiger partial charge in [-0.15, -0.1) is 0 Å². The van der Waals surface area contributed by atoms with Crippen molar-refractivity contribution in [3.8, 4) is 0 Å². The number of hydrogen-bond donors (Lipinski definition) is 1. The quantitative estimate of drug-likeness (QED) is 0.859. The second-order valence-corrected chi connectivity index (χ2v) is 4.57. The average Bonchev–Trinajstić information content (AvgIpc) is 2.28. The number of rotatable bonds is 3. The van der Waals surface area contributed by atoms with E-state index in [1.54, 1.807) is 6.33 Å². The summed E-state index contributed by atoms with van der Waals surface area (Å²) in [6.45, 7) is 3.67. The van der Waals surface area contributed by atoms with Crippen LogP contribution in [0.15, 0.2) is 12.4 Å². The second-order valence-electron chi connectivity index (χ2n) is 4.57. The molecule has 0 amide bonds. The van der Waals surface area contributed by atoms with E-state index in [1.807, 2.05) is 13.0 Å².